The molecular weight excluding hydrogens is 391 g/mol. The summed E-state index contributed by atoms with van der Waals surface area (Å²) >= 11 is 0. The van der Waals surface area contributed by atoms with Gasteiger partial charge in [0.2, 0.25) is 0 Å². The number of allylic oxidation sites excluding steroid dienone is 1. The molecule has 4 rings (SSSR count). The molecule has 0 aliphatic carbocycles. The average Bonchev–Trinajstić information content (AvgIpc) is 2.80. The fourth-order valence-electron chi connectivity index (χ4n) is 3.85. The number of hydrogen-bond donors (Lipinski definition) is 0. The van der Waals surface area contributed by atoms with Gasteiger partial charge in [0.05, 0.1) is 25.0 Å². The number of rotatable bonds is 6. The van der Waals surface area contributed by atoms with Crippen LogP contribution in [0.25, 0.3) is 17.2 Å². The van der Waals surface area contributed by atoms with Gasteiger partial charge in [-0.15, -0.1) is 0 Å². The number of methoxy groups -OCH3 is 1. The molecule has 0 saturated heterocycles. The Balaban J connectivity index is 1.81. The molecule has 0 unspecified atom stereocenters. The van der Waals surface area contributed by atoms with Gasteiger partial charge >= 0.3 is 0 Å². The standard InChI is InChI=1S/C26H25FN2O2/c1-3-31-24-10-4-9-22(27)25(24)18-11-12-23(30-2)21(15-18)16-19-7-6-14-29-26(19)20-8-5-13-28-17-20/h4-5,8-13,15-17H,3,6-7,14H2,1-2H3/b19-16-. The summed E-state index contributed by atoms with van der Waals surface area (Å²) in [5.74, 6) is 0.938. The van der Waals surface area contributed by atoms with Crippen molar-refractivity contribution in [3.05, 3.63) is 83.4 Å². The molecule has 1 aliphatic rings. The molecule has 0 saturated carbocycles. The van der Waals surface area contributed by atoms with E-state index < -0.39 is 0 Å². The van der Waals surface area contributed by atoms with Crippen molar-refractivity contribution < 1.29 is 13.9 Å². The summed E-state index contributed by atoms with van der Waals surface area (Å²) in [6, 6.07) is 14.5. The maximum absolute atomic E-state index is 14.8. The first-order valence-corrected chi connectivity index (χ1v) is 10.5. The Morgan fingerprint density at radius 3 is 2.74 bits per heavy atom. The van der Waals surface area contributed by atoms with Gasteiger partial charge in [-0.05, 0) is 73.4 Å². The number of benzene rings is 2. The second kappa shape index (κ2) is 9.56. The van der Waals surface area contributed by atoms with Gasteiger partial charge in [-0.25, -0.2) is 4.39 Å². The third-order valence-electron chi connectivity index (χ3n) is 5.24. The highest BCUT2D eigenvalue weighted by Crippen LogP contribution is 2.36. The zero-order chi connectivity index (χ0) is 21.6. The van der Waals surface area contributed by atoms with Crippen LogP contribution in [0.3, 0.4) is 0 Å². The van der Waals surface area contributed by atoms with E-state index in [-0.39, 0.29) is 5.82 Å². The van der Waals surface area contributed by atoms with Crippen molar-refractivity contribution in [3.63, 3.8) is 0 Å². The topological polar surface area (TPSA) is 43.7 Å². The number of hydrogen-bond acceptors (Lipinski definition) is 4. The third-order valence-corrected chi connectivity index (χ3v) is 5.24. The first-order valence-electron chi connectivity index (χ1n) is 10.5. The lowest BCUT2D eigenvalue weighted by molar-refractivity contribution is 0.340. The molecule has 4 nitrogen and oxygen atoms in total. The van der Waals surface area contributed by atoms with E-state index in [1.807, 2.05) is 43.5 Å². The van der Waals surface area contributed by atoms with Crippen molar-refractivity contribution in [1.29, 1.82) is 0 Å². The molecule has 0 spiro atoms. The molecule has 0 amide bonds. The van der Waals surface area contributed by atoms with E-state index in [2.05, 4.69) is 11.1 Å². The van der Waals surface area contributed by atoms with Gasteiger partial charge in [0.15, 0.2) is 0 Å². The lowest BCUT2D eigenvalue weighted by atomic mass is 9.93. The van der Waals surface area contributed by atoms with E-state index in [1.54, 1.807) is 25.4 Å². The number of ether oxygens (including phenoxy) is 2. The summed E-state index contributed by atoms with van der Waals surface area (Å²) in [7, 11) is 1.64. The summed E-state index contributed by atoms with van der Waals surface area (Å²) in [6.07, 6.45) is 7.57. The Hall–Kier alpha value is -3.47. The fourth-order valence-corrected chi connectivity index (χ4v) is 3.85. The van der Waals surface area contributed by atoms with Crippen LogP contribution in [0.5, 0.6) is 11.5 Å². The quantitative estimate of drug-likeness (QED) is 0.498. The number of aliphatic imine (C=N–C) groups is 1. The Labute approximate surface area is 182 Å². The van der Waals surface area contributed by atoms with Crippen LogP contribution in [0.4, 0.5) is 4.39 Å². The van der Waals surface area contributed by atoms with Crippen molar-refractivity contribution in [3.8, 4) is 22.6 Å². The average molecular weight is 416 g/mol. The molecule has 1 aliphatic heterocycles. The van der Waals surface area contributed by atoms with Gasteiger partial charge in [-0.3, -0.25) is 9.98 Å². The highest BCUT2D eigenvalue weighted by atomic mass is 19.1. The number of halogens is 1. The van der Waals surface area contributed by atoms with E-state index in [0.29, 0.717) is 17.9 Å². The molecule has 31 heavy (non-hydrogen) atoms. The van der Waals surface area contributed by atoms with Crippen LogP contribution in [0.1, 0.15) is 30.9 Å². The van der Waals surface area contributed by atoms with E-state index >= 15 is 0 Å². The largest absolute Gasteiger partial charge is 0.496 e. The Kier molecular flexibility index (Phi) is 6.41. The van der Waals surface area contributed by atoms with E-state index in [4.69, 9.17) is 14.5 Å². The van der Waals surface area contributed by atoms with Gasteiger partial charge in [-0.1, -0.05) is 12.1 Å². The van der Waals surface area contributed by atoms with E-state index in [9.17, 15) is 4.39 Å². The summed E-state index contributed by atoms with van der Waals surface area (Å²) in [6.45, 7) is 3.15. The maximum Gasteiger partial charge on any atom is 0.134 e. The highest BCUT2D eigenvalue weighted by molar-refractivity contribution is 6.15. The molecule has 5 heteroatoms. The summed E-state index contributed by atoms with van der Waals surface area (Å²) in [5, 5.41) is 0. The van der Waals surface area contributed by atoms with Crippen molar-refractivity contribution >= 4 is 11.8 Å². The lowest BCUT2D eigenvalue weighted by Gasteiger charge is -2.18. The predicted octanol–water partition coefficient (Wildman–Crippen LogP) is 5.96. The third kappa shape index (κ3) is 4.50. The minimum atomic E-state index is -0.315. The molecule has 0 radical (unpaired) electrons. The van der Waals surface area contributed by atoms with Crippen LogP contribution < -0.4 is 9.47 Å². The number of aromatic nitrogens is 1. The summed E-state index contributed by atoms with van der Waals surface area (Å²) in [4.78, 5) is 8.99. The van der Waals surface area contributed by atoms with Crippen molar-refractivity contribution in [1.82, 2.24) is 4.98 Å². The normalized spacial score (nSPS) is 14.9. The maximum atomic E-state index is 14.8. The van der Waals surface area contributed by atoms with Gasteiger partial charge in [0.25, 0.3) is 0 Å². The van der Waals surface area contributed by atoms with Crippen LogP contribution >= 0.6 is 0 Å². The zero-order valence-electron chi connectivity index (χ0n) is 17.8. The van der Waals surface area contributed by atoms with Gasteiger partial charge in [0, 0.05) is 30.1 Å². The highest BCUT2D eigenvalue weighted by Gasteiger charge is 2.17. The minimum absolute atomic E-state index is 0.315. The summed E-state index contributed by atoms with van der Waals surface area (Å²) < 4.78 is 26.0. The Morgan fingerprint density at radius 2 is 1.97 bits per heavy atom. The molecule has 0 bridgehead atoms. The zero-order valence-corrected chi connectivity index (χ0v) is 17.8. The second-order valence-corrected chi connectivity index (χ2v) is 7.25. The van der Waals surface area contributed by atoms with Crippen molar-refractivity contribution in [2.45, 2.75) is 19.8 Å². The molecule has 2 aromatic carbocycles. The van der Waals surface area contributed by atoms with Crippen LogP contribution in [0, 0.1) is 5.82 Å². The number of pyridine rings is 1. The second-order valence-electron chi connectivity index (χ2n) is 7.25. The van der Waals surface area contributed by atoms with Crippen LogP contribution in [-0.2, 0) is 0 Å². The monoisotopic (exact) mass is 416 g/mol. The smallest absolute Gasteiger partial charge is 0.134 e. The molecule has 0 atom stereocenters. The molecule has 0 fully saturated rings. The van der Waals surface area contributed by atoms with E-state index in [0.717, 1.165) is 53.1 Å². The van der Waals surface area contributed by atoms with Gasteiger partial charge in [0.1, 0.15) is 17.3 Å². The fraction of sp³-hybridized carbons (Fsp3) is 0.231. The Morgan fingerprint density at radius 1 is 1.06 bits per heavy atom. The molecule has 2 heterocycles. The van der Waals surface area contributed by atoms with Crippen molar-refractivity contribution in [2.24, 2.45) is 4.99 Å². The molecule has 158 valence electrons. The van der Waals surface area contributed by atoms with Crippen LogP contribution in [0.15, 0.2) is 71.5 Å². The first kappa shape index (κ1) is 20.8. The van der Waals surface area contributed by atoms with Crippen molar-refractivity contribution in [2.75, 3.05) is 20.3 Å². The predicted molar refractivity (Wildman–Crippen MR) is 122 cm³/mol. The lowest BCUT2D eigenvalue weighted by Crippen LogP contribution is -2.12. The first-order chi connectivity index (χ1) is 15.2. The molecule has 0 N–H and O–H groups in total. The summed E-state index contributed by atoms with van der Waals surface area (Å²) in [5.41, 5.74) is 5.14. The molecule has 1 aromatic heterocycles. The minimum Gasteiger partial charge on any atom is -0.496 e. The van der Waals surface area contributed by atoms with E-state index in [1.165, 1.54) is 6.07 Å². The Bertz CT molecular complexity index is 1120. The van der Waals surface area contributed by atoms with Gasteiger partial charge < -0.3 is 9.47 Å². The number of nitrogens with zero attached hydrogens (tertiary/aromatic N) is 2. The van der Waals surface area contributed by atoms with Gasteiger partial charge in [-0.2, -0.15) is 0 Å². The van der Waals surface area contributed by atoms with Crippen LogP contribution in [-0.4, -0.2) is 31.0 Å². The molecule has 3 aromatic rings. The van der Waals surface area contributed by atoms with Crippen LogP contribution in [0.2, 0.25) is 0 Å². The molecular formula is C26H25FN2O2. The SMILES string of the molecule is CCOc1cccc(F)c1-c1ccc(OC)c(/C=C2/CCCN=C2c2cccnc2)c1.